The molecule has 18 heavy (non-hydrogen) atoms. The number of nitrogens with one attached hydrogen (secondary N) is 1. The summed E-state index contributed by atoms with van der Waals surface area (Å²) in [5.74, 6) is 0.535. The van der Waals surface area contributed by atoms with Gasteiger partial charge in [-0.2, -0.15) is 5.10 Å². The third-order valence-corrected chi connectivity index (χ3v) is 2.12. The quantitative estimate of drug-likeness (QED) is 0.751. The van der Waals surface area contributed by atoms with Gasteiger partial charge in [-0.25, -0.2) is 0 Å². The zero-order chi connectivity index (χ0) is 13.4. The summed E-state index contributed by atoms with van der Waals surface area (Å²) >= 11 is 0. The Morgan fingerprint density at radius 3 is 2.50 bits per heavy atom. The van der Waals surface area contributed by atoms with Gasteiger partial charge in [-0.3, -0.25) is 0 Å². The highest BCUT2D eigenvalue weighted by Gasteiger charge is 2.09. The maximum Gasteiger partial charge on any atom is 0.233 e. The number of rotatable bonds is 7. The molecule has 0 atom stereocenters. The summed E-state index contributed by atoms with van der Waals surface area (Å²) in [5, 5.41) is 11.3. The average molecular weight is 253 g/mol. The molecule has 5 nitrogen and oxygen atoms in total. The SMILES string of the molecule is CCNCc1ccc(OCCOC(C)(C)C)nn1. The lowest BCUT2D eigenvalue weighted by molar-refractivity contribution is -0.0169. The van der Waals surface area contributed by atoms with Crippen LogP contribution >= 0.6 is 0 Å². The topological polar surface area (TPSA) is 56.3 Å². The minimum absolute atomic E-state index is 0.134. The first-order valence-corrected chi connectivity index (χ1v) is 6.31. The number of nitrogens with zero attached hydrogens (tertiary/aromatic N) is 2. The van der Waals surface area contributed by atoms with E-state index in [4.69, 9.17) is 9.47 Å². The van der Waals surface area contributed by atoms with Crippen LogP contribution in [-0.4, -0.2) is 35.6 Å². The van der Waals surface area contributed by atoms with E-state index in [1.807, 2.05) is 32.9 Å². The third kappa shape index (κ3) is 6.51. The molecule has 0 bridgehead atoms. The first-order valence-electron chi connectivity index (χ1n) is 6.31. The van der Waals surface area contributed by atoms with Crippen molar-refractivity contribution in [3.63, 3.8) is 0 Å². The van der Waals surface area contributed by atoms with Crippen LogP contribution in [0.2, 0.25) is 0 Å². The maximum atomic E-state index is 5.54. The lowest BCUT2D eigenvalue weighted by atomic mass is 10.2. The molecule has 102 valence electrons. The molecule has 0 saturated carbocycles. The molecule has 0 aliphatic heterocycles. The Hall–Kier alpha value is -1.20. The van der Waals surface area contributed by atoms with E-state index in [1.54, 1.807) is 0 Å². The fourth-order valence-corrected chi connectivity index (χ4v) is 1.27. The van der Waals surface area contributed by atoms with Gasteiger partial charge < -0.3 is 14.8 Å². The summed E-state index contributed by atoms with van der Waals surface area (Å²) in [6.45, 7) is 10.8. The maximum absolute atomic E-state index is 5.54. The van der Waals surface area contributed by atoms with Gasteiger partial charge in [0, 0.05) is 12.6 Å². The van der Waals surface area contributed by atoms with Crippen molar-refractivity contribution in [3.05, 3.63) is 17.8 Å². The van der Waals surface area contributed by atoms with Crippen molar-refractivity contribution in [3.8, 4) is 5.88 Å². The number of hydrogen-bond donors (Lipinski definition) is 1. The standard InChI is InChI=1S/C13H23N3O2/c1-5-14-10-11-6-7-12(16-15-11)17-8-9-18-13(2,3)4/h6-7,14H,5,8-10H2,1-4H3. The Balaban J connectivity index is 2.26. The Bertz CT molecular complexity index is 333. The summed E-state index contributed by atoms with van der Waals surface area (Å²) < 4.78 is 11.0. The second-order valence-corrected chi connectivity index (χ2v) is 4.95. The number of aromatic nitrogens is 2. The van der Waals surface area contributed by atoms with Gasteiger partial charge in [0.05, 0.1) is 17.9 Å². The van der Waals surface area contributed by atoms with Crippen LogP contribution in [0.15, 0.2) is 12.1 Å². The molecule has 1 N–H and O–H groups in total. The molecule has 1 rings (SSSR count). The Labute approximate surface area is 109 Å². The van der Waals surface area contributed by atoms with Crippen LogP contribution < -0.4 is 10.1 Å². The molecule has 5 heteroatoms. The molecule has 1 heterocycles. The molecule has 1 aromatic rings. The van der Waals surface area contributed by atoms with Crippen molar-refractivity contribution in [2.75, 3.05) is 19.8 Å². The van der Waals surface area contributed by atoms with Gasteiger partial charge in [0.15, 0.2) is 0 Å². The highest BCUT2D eigenvalue weighted by atomic mass is 16.5. The first kappa shape index (κ1) is 14.9. The minimum Gasteiger partial charge on any atom is -0.474 e. The second-order valence-electron chi connectivity index (χ2n) is 4.95. The molecule has 0 spiro atoms. The van der Waals surface area contributed by atoms with Crippen LogP contribution in [0.4, 0.5) is 0 Å². The van der Waals surface area contributed by atoms with Crippen LogP contribution in [0.1, 0.15) is 33.4 Å². The van der Waals surface area contributed by atoms with E-state index in [0.717, 1.165) is 18.8 Å². The van der Waals surface area contributed by atoms with Gasteiger partial charge in [0.2, 0.25) is 5.88 Å². The smallest absolute Gasteiger partial charge is 0.233 e. The van der Waals surface area contributed by atoms with E-state index in [-0.39, 0.29) is 5.60 Å². The van der Waals surface area contributed by atoms with Crippen molar-refractivity contribution in [1.82, 2.24) is 15.5 Å². The summed E-state index contributed by atoms with van der Waals surface area (Å²) in [4.78, 5) is 0. The van der Waals surface area contributed by atoms with E-state index in [9.17, 15) is 0 Å². The van der Waals surface area contributed by atoms with E-state index >= 15 is 0 Å². The van der Waals surface area contributed by atoms with Crippen LogP contribution in [0, 0.1) is 0 Å². The Morgan fingerprint density at radius 2 is 1.94 bits per heavy atom. The monoisotopic (exact) mass is 253 g/mol. The van der Waals surface area contributed by atoms with E-state index in [2.05, 4.69) is 22.4 Å². The average Bonchev–Trinajstić information content (AvgIpc) is 2.32. The molecule has 0 amide bonds. The Kier molecular flexibility index (Phi) is 6.01. The van der Waals surface area contributed by atoms with Gasteiger partial charge >= 0.3 is 0 Å². The summed E-state index contributed by atoms with van der Waals surface area (Å²) in [6, 6.07) is 3.74. The summed E-state index contributed by atoms with van der Waals surface area (Å²) in [5.41, 5.74) is 0.778. The lowest BCUT2D eigenvalue weighted by Crippen LogP contribution is -2.22. The fourth-order valence-electron chi connectivity index (χ4n) is 1.27. The predicted octanol–water partition coefficient (Wildman–Crippen LogP) is 1.78. The molecule has 0 unspecified atom stereocenters. The zero-order valence-electron chi connectivity index (χ0n) is 11.7. The molecular formula is C13H23N3O2. The Morgan fingerprint density at radius 1 is 1.17 bits per heavy atom. The molecule has 0 saturated heterocycles. The molecule has 0 aliphatic rings. The molecule has 0 fully saturated rings. The zero-order valence-corrected chi connectivity index (χ0v) is 11.7. The highest BCUT2D eigenvalue weighted by Crippen LogP contribution is 2.07. The van der Waals surface area contributed by atoms with E-state index in [1.165, 1.54) is 0 Å². The number of ether oxygens (including phenoxy) is 2. The van der Waals surface area contributed by atoms with Crippen LogP contribution in [0.25, 0.3) is 0 Å². The number of hydrogen-bond acceptors (Lipinski definition) is 5. The minimum atomic E-state index is -0.134. The fraction of sp³-hybridized carbons (Fsp3) is 0.692. The molecule has 0 aliphatic carbocycles. The normalized spacial score (nSPS) is 11.6. The van der Waals surface area contributed by atoms with Crippen molar-refractivity contribution >= 4 is 0 Å². The highest BCUT2D eigenvalue weighted by molar-refractivity contribution is 5.11. The van der Waals surface area contributed by atoms with Crippen molar-refractivity contribution in [1.29, 1.82) is 0 Å². The lowest BCUT2D eigenvalue weighted by Gasteiger charge is -2.19. The third-order valence-electron chi connectivity index (χ3n) is 2.12. The molecule has 0 aromatic carbocycles. The first-order chi connectivity index (χ1) is 8.51. The van der Waals surface area contributed by atoms with Crippen LogP contribution in [0.3, 0.4) is 0 Å². The van der Waals surface area contributed by atoms with Gasteiger partial charge in [-0.1, -0.05) is 6.92 Å². The second kappa shape index (κ2) is 7.28. The van der Waals surface area contributed by atoms with Crippen molar-refractivity contribution in [2.24, 2.45) is 0 Å². The van der Waals surface area contributed by atoms with E-state index in [0.29, 0.717) is 19.1 Å². The van der Waals surface area contributed by atoms with Gasteiger partial charge in [0.1, 0.15) is 6.61 Å². The van der Waals surface area contributed by atoms with Gasteiger partial charge in [0.25, 0.3) is 0 Å². The molecule has 0 radical (unpaired) electrons. The van der Waals surface area contributed by atoms with Gasteiger partial charge in [-0.15, -0.1) is 5.10 Å². The summed E-state index contributed by atoms with van der Waals surface area (Å²) in [6.07, 6.45) is 0. The van der Waals surface area contributed by atoms with Crippen molar-refractivity contribution < 1.29 is 9.47 Å². The summed E-state index contributed by atoms with van der Waals surface area (Å²) in [7, 11) is 0. The predicted molar refractivity (Wildman–Crippen MR) is 70.6 cm³/mol. The van der Waals surface area contributed by atoms with Crippen LogP contribution in [0.5, 0.6) is 5.88 Å². The van der Waals surface area contributed by atoms with Gasteiger partial charge in [-0.05, 0) is 33.4 Å². The van der Waals surface area contributed by atoms with Crippen LogP contribution in [-0.2, 0) is 11.3 Å². The van der Waals surface area contributed by atoms with Crippen molar-refractivity contribution in [2.45, 2.75) is 39.8 Å². The molecule has 1 aromatic heterocycles. The molecular weight excluding hydrogens is 230 g/mol. The van der Waals surface area contributed by atoms with E-state index < -0.39 is 0 Å². The largest absolute Gasteiger partial charge is 0.474 e.